The monoisotopic (exact) mass is 397 g/mol. The maximum atomic E-state index is 12.8. The second-order valence-electron chi connectivity index (χ2n) is 6.89. The van der Waals surface area contributed by atoms with E-state index in [1.165, 1.54) is 0 Å². The summed E-state index contributed by atoms with van der Waals surface area (Å²) in [6, 6.07) is 18.6. The van der Waals surface area contributed by atoms with Crippen molar-refractivity contribution in [2.75, 3.05) is 18.4 Å². The van der Waals surface area contributed by atoms with Crippen LogP contribution in [0.1, 0.15) is 25.0 Å². The smallest absolute Gasteiger partial charge is 0.243 e. The van der Waals surface area contributed by atoms with Crippen LogP contribution in [0, 0.1) is 0 Å². The number of piperidine rings is 1. The number of benzene rings is 2. The first kappa shape index (κ1) is 18.7. The fourth-order valence-electron chi connectivity index (χ4n) is 3.35. The molecule has 1 saturated heterocycles. The van der Waals surface area contributed by atoms with E-state index < -0.39 is 10.0 Å². The van der Waals surface area contributed by atoms with E-state index in [2.05, 4.69) is 10.5 Å². The topological polar surface area (TPSA) is 75.4 Å². The van der Waals surface area contributed by atoms with Crippen LogP contribution in [0.3, 0.4) is 0 Å². The van der Waals surface area contributed by atoms with Gasteiger partial charge >= 0.3 is 0 Å². The van der Waals surface area contributed by atoms with Crippen molar-refractivity contribution < 1.29 is 12.9 Å². The first-order valence-corrected chi connectivity index (χ1v) is 10.9. The predicted octanol–water partition coefficient (Wildman–Crippen LogP) is 4.13. The molecule has 2 aromatic carbocycles. The van der Waals surface area contributed by atoms with Crippen LogP contribution in [-0.4, -0.2) is 31.0 Å². The number of nitrogens with one attached hydrogen (secondary N) is 1. The Bertz CT molecular complexity index is 1030. The Morgan fingerprint density at radius 1 is 0.964 bits per heavy atom. The number of sulfonamides is 1. The summed E-state index contributed by atoms with van der Waals surface area (Å²) in [6.45, 7) is 1.62. The fraction of sp³-hybridized carbons (Fsp3) is 0.286. The maximum Gasteiger partial charge on any atom is 0.243 e. The quantitative estimate of drug-likeness (QED) is 0.677. The molecule has 0 atom stereocenters. The lowest BCUT2D eigenvalue weighted by Crippen LogP contribution is -2.35. The van der Waals surface area contributed by atoms with Gasteiger partial charge in [0.05, 0.1) is 11.4 Å². The summed E-state index contributed by atoms with van der Waals surface area (Å²) >= 11 is 0. The molecule has 0 saturated carbocycles. The van der Waals surface area contributed by atoms with Gasteiger partial charge in [0.1, 0.15) is 5.69 Å². The Kier molecular flexibility index (Phi) is 5.45. The number of rotatable bonds is 6. The number of aromatic nitrogens is 1. The molecule has 28 heavy (non-hydrogen) atoms. The molecular weight excluding hydrogens is 374 g/mol. The molecule has 146 valence electrons. The van der Waals surface area contributed by atoms with Gasteiger partial charge in [0.25, 0.3) is 0 Å². The molecule has 0 bridgehead atoms. The van der Waals surface area contributed by atoms with Gasteiger partial charge in [0, 0.05) is 30.4 Å². The van der Waals surface area contributed by atoms with Crippen LogP contribution in [0.25, 0.3) is 11.3 Å². The molecule has 4 rings (SSSR count). The van der Waals surface area contributed by atoms with Crippen LogP contribution in [-0.2, 0) is 16.6 Å². The van der Waals surface area contributed by atoms with E-state index in [0.29, 0.717) is 30.3 Å². The first-order valence-electron chi connectivity index (χ1n) is 9.48. The second-order valence-corrected chi connectivity index (χ2v) is 8.83. The van der Waals surface area contributed by atoms with Crippen LogP contribution in [0.2, 0.25) is 0 Å². The Morgan fingerprint density at radius 3 is 2.54 bits per heavy atom. The Balaban J connectivity index is 1.45. The van der Waals surface area contributed by atoms with Gasteiger partial charge in [-0.3, -0.25) is 0 Å². The summed E-state index contributed by atoms with van der Waals surface area (Å²) in [5.74, 6) is 0.683. The lowest BCUT2D eigenvalue weighted by Gasteiger charge is -2.26. The maximum absolute atomic E-state index is 12.8. The highest BCUT2D eigenvalue weighted by Gasteiger charge is 2.25. The molecule has 0 unspecified atom stereocenters. The molecule has 0 aliphatic carbocycles. The molecule has 3 aromatic rings. The third-order valence-corrected chi connectivity index (χ3v) is 6.78. The van der Waals surface area contributed by atoms with Crippen molar-refractivity contribution >= 4 is 15.7 Å². The van der Waals surface area contributed by atoms with Gasteiger partial charge in [-0.2, -0.15) is 4.31 Å². The number of hydrogen-bond donors (Lipinski definition) is 1. The largest absolute Gasteiger partial charge is 0.378 e. The minimum Gasteiger partial charge on any atom is -0.378 e. The number of nitrogens with zero attached hydrogens (tertiary/aromatic N) is 2. The van der Waals surface area contributed by atoms with Crippen molar-refractivity contribution in [1.82, 2.24) is 9.46 Å². The summed E-state index contributed by atoms with van der Waals surface area (Å²) in [7, 11) is -3.44. The van der Waals surface area contributed by atoms with Crippen molar-refractivity contribution in [3.63, 3.8) is 0 Å². The molecule has 0 amide bonds. The van der Waals surface area contributed by atoms with E-state index in [1.807, 2.05) is 42.5 Å². The van der Waals surface area contributed by atoms with Crippen LogP contribution in [0.4, 0.5) is 5.69 Å². The lowest BCUT2D eigenvalue weighted by molar-refractivity contribution is 0.346. The molecule has 0 spiro atoms. The molecule has 0 radical (unpaired) electrons. The zero-order chi connectivity index (χ0) is 19.4. The van der Waals surface area contributed by atoms with Crippen molar-refractivity contribution in [3.05, 3.63) is 66.4 Å². The summed E-state index contributed by atoms with van der Waals surface area (Å²) in [5.41, 5.74) is 2.50. The van der Waals surface area contributed by atoms with Crippen molar-refractivity contribution in [2.45, 2.75) is 30.7 Å². The van der Waals surface area contributed by atoms with Gasteiger partial charge in [-0.05, 0) is 31.0 Å². The third-order valence-electron chi connectivity index (χ3n) is 4.88. The molecule has 1 aliphatic heterocycles. The highest BCUT2D eigenvalue weighted by atomic mass is 32.2. The normalized spacial score (nSPS) is 15.4. The number of hydrogen-bond acceptors (Lipinski definition) is 5. The van der Waals surface area contributed by atoms with Crippen LogP contribution < -0.4 is 5.32 Å². The Labute approximate surface area is 165 Å². The van der Waals surface area contributed by atoms with Crippen molar-refractivity contribution in [3.8, 4) is 11.3 Å². The van der Waals surface area contributed by atoms with E-state index >= 15 is 0 Å². The van der Waals surface area contributed by atoms with E-state index in [-0.39, 0.29) is 0 Å². The Hall–Kier alpha value is -2.64. The second kappa shape index (κ2) is 8.16. The van der Waals surface area contributed by atoms with Gasteiger partial charge in [0.2, 0.25) is 10.0 Å². The molecule has 1 fully saturated rings. The average Bonchev–Trinajstić information content (AvgIpc) is 3.23. The van der Waals surface area contributed by atoms with E-state index in [9.17, 15) is 8.42 Å². The van der Waals surface area contributed by atoms with E-state index in [0.717, 1.165) is 36.2 Å². The molecule has 1 N–H and O–H groups in total. The first-order chi connectivity index (χ1) is 13.6. The molecule has 2 heterocycles. The van der Waals surface area contributed by atoms with E-state index in [4.69, 9.17) is 4.52 Å². The molecule has 6 nitrogen and oxygen atoms in total. The SMILES string of the molecule is O=S(=O)(c1cccc(NCc2cc(-c3ccccc3)no2)c1)N1CCCCC1. The zero-order valence-corrected chi connectivity index (χ0v) is 16.4. The highest BCUT2D eigenvalue weighted by molar-refractivity contribution is 7.89. The molecule has 7 heteroatoms. The Morgan fingerprint density at radius 2 is 1.75 bits per heavy atom. The van der Waals surface area contributed by atoms with Crippen LogP contribution >= 0.6 is 0 Å². The zero-order valence-electron chi connectivity index (χ0n) is 15.5. The molecular formula is C21H23N3O3S. The minimum absolute atomic E-state index is 0.321. The summed E-state index contributed by atoms with van der Waals surface area (Å²) in [6.07, 6.45) is 2.94. The average molecular weight is 398 g/mol. The van der Waals surface area contributed by atoms with Crippen molar-refractivity contribution in [1.29, 1.82) is 0 Å². The summed E-state index contributed by atoms with van der Waals surface area (Å²) in [5, 5.41) is 7.32. The van der Waals surface area contributed by atoms with Gasteiger partial charge in [-0.25, -0.2) is 8.42 Å². The standard InChI is InChI=1S/C21H23N3O3S/c25-28(26,24-12-5-2-6-13-24)20-11-7-10-18(14-20)22-16-19-15-21(23-27-19)17-8-3-1-4-9-17/h1,3-4,7-11,14-15,22H,2,5-6,12-13,16H2. The number of anilines is 1. The molecule has 1 aromatic heterocycles. The lowest BCUT2D eigenvalue weighted by atomic mass is 10.1. The van der Waals surface area contributed by atoms with Crippen LogP contribution in [0.5, 0.6) is 0 Å². The van der Waals surface area contributed by atoms with Crippen LogP contribution in [0.15, 0.2) is 70.1 Å². The highest BCUT2D eigenvalue weighted by Crippen LogP contribution is 2.24. The summed E-state index contributed by atoms with van der Waals surface area (Å²) in [4.78, 5) is 0.321. The predicted molar refractivity (Wildman–Crippen MR) is 108 cm³/mol. The minimum atomic E-state index is -3.44. The molecule has 1 aliphatic rings. The van der Waals surface area contributed by atoms with Gasteiger partial charge in [-0.1, -0.05) is 48.0 Å². The van der Waals surface area contributed by atoms with Gasteiger partial charge in [0.15, 0.2) is 5.76 Å². The third kappa shape index (κ3) is 4.10. The fourth-order valence-corrected chi connectivity index (χ4v) is 4.91. The van der Waals surface area contributed by atoms with Gasteiger partial charge in [-0.15, -0.1) is 0 Å². The van der Waals surface area contributed by atoms with Crippen molar-refractivity contribution in [2.24, 2.45) is 0 Å². The van der Waals surface area contributed by atoms with Gasteiger partial charge < -0.3 is 9.84 Å². The van der Waals surface area contributed by atoms with E-state index in [1.54, 1.807) is 22.5 Å². The summed E-state index contributed by atoms with van der Waals surface area (Å²) < 4.78 is 32.7.